The molecule has 0 N–H and O–H groups in total. The van der Waals surface area contributed by atoms with Crippen LogP contribution in [0.5, 0.6) is 0 Å². The summed E-state index contributed by atoms with van der Waals surface area (Å²) in [5.41, 5.74) is 2.16. The van der Waals surface area contributed by atoms with Crippen LogP contribution in [0.4, 0.5) is 0 Å². The molecule has 0 unspecified atom stereocenters. The van der Waals surface area contributed by atoms with E-state index in [9.17, 15) is 4.79 Å². The lowest BCUT2D eigenvalue weighted by Crippen LogP contribution is -2.44. The van der Waals surface area contributed by atoms with Crippen LogP contribution in [-0.2, 0) is 13.0 Å². The number of hydrogen-bond donors (Lipinski definition) is 0. The van der Waals surface area contributed by atoms with Gasteiger partial charge in [0.2, 0.25) is 0 Å². The van der Waals surface area contributed by atoms with Crippen molar-refractivity contribution in [1.29, 1.82) is 0 Å². The third kappa shape index (κ3) is 3.89. The van der Waals surface area contributed by atoms with E-state index < -0.39 is 0 Å². The first kappa shape index (κ1) is 16.4. The largest absolute Gasteiger partial charge is 0.327 e. The van der Waals surface area contributed by atoms with E-state index in [2.05, 4.69) is 43.3 Å². The van der Waals surface area contributed by atoms with Gasteiger partial charge in [-0.1, -0.05) is 42.5 Å². The summed E-state index contributed by atoms with van der Waals surface area (Å²) in [7, 11) is 4.42. The Labute approximate surface area is 142 Å². The number of para-hydroxylation sites is 1. The van der Waals surface area contributed by atoms with E-state index in [-0.39, 0.29) is 5.56 Å². The average molecular weight is 322 g/mol. The highest BCUT2D eigenvalue weighted by Crippen LogP contribution is 2.07. The van der Waals surface area contributed by atoms with Crippen molar-refractivity contribution in [2.45, 2.75) is 13.0 Å². The second-order valence-corrected chi connectivity index (χ2v) is 6.88. The van der Waals surface area contributed by atoms with Crippen molar-refractivity contribution in [2.75, 3.05) is 27.2 Å². The number of hydrogen-bond acceptors (Lipinski definition) is 2. The monoisotopic (exact) mass is 322 g/mol. The fraction of sp³-hybridized carbons (Fsp3) is 0.300. The van der Waals surface area contributed by atoms with E-state index in [1.165, 1.54) is 5.56 Å². The lowest BCUT2D eigenvalue weighted by atomic mass is 10.1. The Hall–Kier alpha value is -2.46. The van der Waals surface area contributed by atoms with Crippen molar-refractivity contribution in [3.63, 3.8) is 0 Å². The molecule has 2 aromatic carbocycles. The highest BCUT2D eigenvalue weighted by Gasteiger charge is 2.15. The van der Waals surface area contributed by atoms with Gasteiger partial charge in [-0.25, -0.2) is 4.98 Å². The summed E-state index contributed by atoms with van der Waals surface area (Å²) in [6.07, 6.45) is 2.71. The Morgan fingerprint density at radius 2 is 1.67 bits per heavy atom. The van der Waals surface area contributed by atoms with Crippen LogP contribution in [0.25, 0.3) is 10.9 Å². The number of fused-ring (bicyclic) bond motifs is 1. The van der Waals surface area contributed by atoms with E-state index in [0.717, 1.165) is 29.5 Å². The Balaban J connectivity index is 1.66. The molecule has 0 aliphatic rings. The van der Waals surface area contributed by atoms with Crippen molar-refractivity contribution in [3.05, 3.63) is 76.8 Å². The van der Waals surface area contributed by atoms with Crippen LogP contribution in [0.1, 0.15) is 5.56 Å². The molecule has 0 saturated heterocycles. The van der Waals surface area contributed by atoms with Gasteiger partial charge in [0.05, 0.1) is 51.0 Å². The molecule has 0 aliphatic heterocycles. The van der Waals surface area contributed by atoms with E-state index in [1.54, 1.807) is 10.9 Å². The molecule has 0 saturated carbocycles. The van der Waals surface area contributed by atoms with Crippen LogP contribution in [0.3, 0.4) is 0 Å². The van der Waals surface area contributed by atoms with Crippen molar-refractivity contribution in [2.24, 2.45) is 0 Å². The van der Waals surface area contributed by atoms with Gasteiger partial charge < -0.3 is 4.48 Å². The number of nitrogens with zero attached hydrogens (tertiary/aromatic N) is 3. The van der Waals surface area contributed by atoms with Crippen LogP contribution < -0.4 is 5.56 Å². The zero-order valence-electron chi connectivity index (χ0n) is 14.4. The van der Waals surface area contributed by atoms with Crippen molar-refractivity contribution >= 4 is 10.9 Å². The van der Waals surface area contributed by atoms with Crippen LogP contribution in [-0.4, -0.2) is 41.2 Å². The maximum atomic E-state index is 12.5. The molecule has 4 nitrogen and oxygen atoms in total. The predicted molar refractivity (Wildman–Crippen MR) is 98.0 cm³/mol. The SMILES string of the molecule is C[N+](C)(CCc1ccccc1)CCn1cnc2ccccc2c1=O. The molecule has 1 aromatic heterocycles. The molecule has 0 aliphatic carbocycles. The molecule has 3 aromatic rings. The highest BCUT2D eigenvalue weighted by molar-refractivity contribution is 5.76. The fourth-order valence-corrected chi connectivity index (χ4v) is 2.83. The standard InChI is InChI=1S/C20H24N3O/c1-23(2,14-12-17-8-4-3-5-9-17)15-13-22-16-21-19-11-7-6-10-18(19)20(22)24/h3-11,16H,12-15H2,1-2H3/q+1. The molecule has 0 bridgehead atoms. The molecule has 1 heterocycles. The van der Waals surface area contributed by atoms with Crippen LogP contribution in [0.2, 0.25) is 0 Å². The Morgan fingerprint density at radius 3 is 2.46 bits per heavy atom. The molecule has 0 spiro atoms. The Bertz CT molecular complexity index is 869. The summed E-state index contributed by atoms with van der Waals surface area (Å²) in [5, 5.41) is 0.689. The third-order valence-electron chi connectivity index (χ3n) is 4.53. The zero-order chi connectivity index (χ0) is 17.0. The summed E-state index contributed by atoms with van der Waals surface area (Å²) in [4.78, 5) is 16.9. The minimum atomic E-state index is 0.0451. The molecule has 24 heavy (non-hydrogen) atoms. The summed E-state index contributed by atoms with van der Waals surface area (Å²) < 4.78 is 2.60. The summed E-state index contributed by atoms with van der Waals surface area (Å²) in [6.45, 7) is 2.62. The van der Waals surface area contributed by atoms with Crippen molar-refractivity contribution in [3.8, 4) is 0 Å². The first-order chi connectivity index (χ1) is 11.6. The van der Waals surface area contributed by atoms with Gasteiger partial charge in [-0.2, -0.15) is 0 Å². The number of likely N-dealkylation sites (N-methyl/N-ethyl adjacent to an activating group) is 1. The molecule has 0 amide bonds. The molecule has 124 valence electrons. The van der Waals surface area contributed by atoms with Gasteiger partial charge in [-0.15, -0.1) is 0 Å². The fourth-order valence-electron chi connectivity index (χ4n) is 2.83. The number of rotatable bonds is 6. The maximum Gasteiger partial charge on any atom is 0.261 e. The first-order valence-corrected chi connectivity index (χ1v) is 8.35. The number of benzene rings is 2. The second kappa shape index (κ2) is 6.97. The molecule has 0 atom stereocenters. The van der Waals surface area contributed by atoms with E-state index >= 15 is 0 Å². The smallest absolute Gasteiger partial charge is 0.261 e. The number of aromatic nitrogens is 2. The van der Waals surface area contributed by atoms with E-state index in [1.807, 2.05) is 30.3 Å². The summed E-state index contributed by atoms with van der Waals surface area (Å²) >= 11 is 0. The quantitative estimate of drug-likeness (QED) is 0.654. The number of quaternary nitrogens is 1. The van der Waals surface area contributed by atoms with Crippen LogP contribution in [0, 0.1) is 0 Å². The van der Waals surface area contributed by atoms with E-state index in [4.69, 9.17) is 0 Å². The minimum absolute atomic E-state index is 0.0451. The lowest BCUT2D eigenvalue weighted by molar-refractivity contribution is -0.890. The second-order valence-electron chi connectivity index (χ2n) is 6.88. The van der Waals surface area contributed by atoms with Crippen molar-refractivity contribution in [1.82, 2.24) is 9.55 Å². The normalized spacial score (nSPS) is 11.8. The minimum Gasteiger partial charge on any atom is -0.327 e. The van der Waals surface area contributed by atoms with Gasteiger partial charge in [0, 0.05) is 6.42 Å². The third-order valence-corrected chi connectivity index (χ3v) is 4.53. The molecule has 0 radical (unpaired) electrons. The van der Waals surface area contributed by atoms with Crippen LogP contribution in [0.15, 0.2) is 65.7 Å². The van der Waals surface area contributed by atoms with Gasteiger partial charge in [0.25, 0.3) is 5.56 Å². The van der Waals surface area contributed by atoms with Crippen molar-refractivity contribution < 1.29 is 4.48 Å². The zero-order valence-corrected chi connectivity index (χ0v) is 14.4. The van der Waals surface area contributed by atoms with Gasteiger partial charge in [-0.3, -0.25) is 9.36 Å². The molecular formula is C20H24N3O+. The van der Waals surface area contributed by atoms with Gasteiger partial charge in [0.15, 0.2) is 0 Å². The molecule has 0 fully saturated rings. The maximum absolute atomic E-state index is 12.5. The lowest BCUT2D eigenvalue weighted by Gasteiger charge is -2.30. The molecular weight excluding hydrogens is 298 g/mol. The van der Waals surface area contributed by atoms with Crippen LogP contribution >= 0.6 is 0 Å². The highest BCUT2D eigenvalue weighted by atomic mass is 16.1. The topological polar surface area (TPSA) is 34.9 Å². The summed E-state index contributed by atoms with van der Waals surface area (Å²) in [6, 6.07) is 18.0. The molecule has 3 rings (SSSR count). The van der Waals surface area contributed by atoms with Gasteiger partial charge in [0.1, 0.15) is 0 Å². The first-order valence-electron chi connectivity index (χ1n) is 8.35. The predicted octanol–water partition coefficient (Wildman–Crippen LogP) is 2.72. The van der Waals surface area contributed by atoms with Gasteiger partial charge >= 0.3 is 0 Å². The summed E-state index contributed by atoms with van der Waals surface area (Å²) in [5.74, 6) is 0. The molecule has 4 heteroatoms. The Kier molecular flexibility index (Phi) is 4.76. The van der Waals surface area contributed by atoms with Gasteiger partial charge in [-0.05, 0) is 17.7 Å². The van der Waals surface area contributed by atoms with E-state index in [0.29, 0.717) is 11.9 Å². The Morgan fingerprint density at radius 1 is 0.958 bits per heavy atom. The average Bonchev–Trinajstić information content (AvgIpc) is 2.61.